The Hall–Kier alpha value is -3.39. The summed E-state index contributed by atoms with van der Waals surface area (Å²) in [6.45, 7) is 3.48. The molecule has 0 spiro atoms. The van der Waals surface area contributed by atoms with E-state index < -0.39 is 17.7 Å². The molecular formula is C24H29N3O5. The quantitative estimate of drug-likeness (QED) is 0.365. The highest BCUT2D eigenvalue weighted by Gasteiger charge is 2.46. The molecule has 1 aromatic heterocycles. The molecule has 32 heavy (non-hydrogen) atoms. The minimum absolute atomic E-state index is 0.0530. The summed E-state index contributed by atoms with van der Waals surface area (Å²) in [7, 11) is 5.44. The number of carbonyl (C=O) groups excluding carboxylic acids is 2. The zero-order valence-electron chi connectivity index (χ0n) is 18.9. The molecule has 2 heterocycles. The Morgan fingerprint density at radius 1 is 1.16 bits per heavy atom. The van der Waals surface area contributed by atoms with Crippen LogP contribution < -0.4 is 9.47 Å². The van der Waals surface area contributed by atoms with Crippen LogP contribution in [0, 0.1) is 0 Å². The number of carbonyl (C=O) groups is 2. The van der Waals surface area contributed by atoms with Crippen LogP contribution in [0.25, 0.3) is 5.76 Å². The standard InChI is InChI=1S/C24H29N3O5/c1-5-32-18-8-7-17(15-19(18)31-4)21-20(22(28)16-9-11-25-12-10-16)23(29)24(30)27(21)14-6-13-26(2)3/h7-12,15,21,28H,5-6,13-14H2,1-4H3/b22-20-. The Balaban J connectivity index is 2.12. The van der Waals surface area contributed by atoms with Gasteiger partial charge in [-0.05, 0) is 63.8 Å². The highest BCUT2D eigenvalue weighted by atomic mass is 16.5. The molecule has 1 aromatic carbocycles. The lowest BCUT2D eigenvalue weighted by atomic mass is 9.95. The van der Waals surface area contributed by atoms with Gasteiger partial charge in [0, 0.05) is 24.5 Å². The maximum Gasteiger partial charge on any atom is 0.295 e. The zero-order valence-corrected chi connectivity index (χ0v) is 18.9. The molecule has 170 valence electrons. The largest absolute Gasteiger partial charge is 0.507 e. The maximum atomic E-state index is 13.0. The van der Waals surface area contributed by atoms with Crippen molar-refractivity contribution in [2.24, 2.45) is 0 Å². The van der Waals surface area contributed by atoms with E-state index in [-0.39, 0.29) is 11.3 Å². The second kappa shape index (κ2) is 10.3. The number of hydrogen-bond donors (Lipinski definition) is 1. The lowest BCUT2D eigenvalue weighted by Gasteiger charge is -2.26. The SMILES string of the molecule is CCOc1ccc(C2/C(=C(/O)c3ccncc3)C(=O)C(=O)N2CCCN(C)C)cc1OC. The Labute approximate surface area is 188 Å². The second-order valence-corrected chi connectivity index (χ2v) is 7.73. The third kappa shape index (κ3) is 4.75. The number of nitrogens with zero attached hydrogens (tertiary/aromatic N) is 3. The van der Waals surface area contributed by atoms with Crippen molar-refractivity contribution in [3.8, 4) is 11.5 Å². The van der Waals surface area contributed by atoms with E-state index in [1.165, 1.54) is 24.4 Å². The van der Waals surface area contributed by atoms with Crippen LogP contribution in [0.4, 0.5) is 0 Å². The molecule has 1 unspecified atom stereocenters. The average molecular weight is 440 g/mol. The van der Waals surface area contributed by atoms with Gasteiger partial charge in [0.05, 0.1) is 25.3 Å². The molecule has 1 N–H and O–H groups in total. The van der Waals surface area contributed by atoms with Gasteiger partial charge >= 0.3 is 0 Å². The Morgan fingerprint density at radius 2 is 1.88 bits per heavy atom. The van der Waals surface area contributed by atoms with Crippen molar-refractivity contribution >= 4 is 17.4 Å². The van der Waals surface area contributed by atoms with Gasteiger partial charge in [-0.2, -0.15) is 0 Å². The summed E-state index contributed by atoms with van der Waals surface area (Å²) in [5, 5.41) is 11.0. The first-order valence-corrected chi connectivity index (χ1v) is 10.5. The van der Waals surface area contributed by atoms with Crippen molar-refractivity contribution in [1.82, 2.24) is 14.8 Å². The van der Waals surface area contributed by atoms with Crippen LogP contribution in [0.1, 0.15) is 30.5 Å². The normalized spacial score (nSPS) is 17.8. The number of amides is 1. The predicted molar refractivity (Wildman–Crippen MR) is 121 cm³/mol. The molecule has 1 aliphatic heterocycles. The number of ketones is 1. The summed E-state index contributed by atoms with van der Waals surface area (Å²) >= 11 is 0. The summed E-state index contributed by atoms with van der Waals surface area (Å²) in [4.78, 5) is 33.5. The van der Waals surface area contributed by atoms with E-state index in [2.05, 4.69) is 4.98 Å². The molecule has 1 fully saturated rings. The molecule has 1 aliphatic rings. The van der Waals surface area contributed by atoms with E-state index in [4.69, 9.17) is 9.47 Å². The first-order valence-electron chi connectivity index (χ1n) is 10.5. The van der Waals surface area contributed by atoms with Crippen LogP contribution >= 0.6 is 0 Å². The van der Waals surface area contributed by atoms with Crippen molar-refractivity contribution in [3.05, 3.63) is 59.4 Å². The van der Waals surface area contributed by atoms with Crippen LogP contribution in [-0.2, 0) is 9.59 Å². The number of benzene rings is 1. The summed E-state index contributed by atoms with van der Waals surface area (Å²) in [5.74, 6) is -0.498. The topological polar surface area (TPSA) is 92.2 Å². The summed E-state index contributed by atoms with van der Waals surface area (Å²) < 4.78 is 11.1. The monoisotopic (exact) mass is 439 g/mol. The fourth-order valence-corrected chi connectivity index (χ4v) is 3.81. The van der Waals surface area contributed by atoms with Crippen molar-refractivity contribution in [2.45, 2.75) is 19.4 Å². The summed E-state index contributed by atoms with van der Waals surface area (Å²) in [6.07, 6.45) is 3.73. The molecular weight excluding hydrogens is 410 g/mol. The molecule has 8 heteroatoms. The van der Waals surface area contributed by atoms with Gasteiger partial charge < -0.3 is 24.4 Å². The molecule has 0 saturated carbocycles. The molecule has 0 bridgehead atoms. The first kappa shape index (κ1) is 23.3. The van der Waals surface area contributed by atoms with Gasteiger partial charge in [-0.3, -0.25) is 14.6 Å². The highest BCUT2D eigenvalue weighted by Crippen LogP contribution is 2.42. The third-order valence-corrected chi connectivity index (χ3v) is 5.30. The van der Waals surface area contributed by atoms with E-state index >= 15 is 0 Å². The minimum atomic E-state index is -0.741. The molecule has 1 amide bonds. The van der Waals surface area contributed by atoms with Crippen molar-refractivity contribution in [2.75, 3.05) is 40.9 Å². The number of rotatable bonds is 9. The van der Waals surface area contributed by atoms with E-state index in [0.717, 1.165) is 6.54 Å². The number of ether oxygens (including phenoxy) is 2. The predicted octanol–water partition coefficient (Wildman–Crippen LogP) is 2.86. The van der Waals surface area contributed by atoms with E-state index in [1.807, 2.05) is 25.9 Å². The second-order valence-electron chi connectivity index (χ2n) is 7.73. The third-order valence-electron chi connectivity index (χ3n) is 5.30. The molecule has 1 saturated heterocycles. The number of methoxy groups -OCH3 is 1. The lowest BCUT2D eigenvalue weighted by Crippen LogP contribution is -2.32. The van der Waals surface area contributed by atoms with Crippen molar-refractivity contribution in [1.29, 1.82) is 0 Å². The molecule has 2 aromatic rings. The first-order chi connectivity index (χ1) is 15.4. The number of hydrogen-bond acceptors (Lipinski definition) is 7. The van der Waals surface area contributed by atoms with Gasteiger partial charge in [0.25, 0.3) is 11.7 Å². The average Bonchev–Trinajstić information content (AvgIpc) is 3.04. The van der Waals surface area contributed by atoms with E-state index in [1.54, 1.807) is 30.3 Å². The van der Waals surface area contributed by atoms with Crippen molar-refractivity contribution < 1.29 is 24.2 Å². The fourth-order valence-electron chi connectivity index (χ4n) is 3.81. The number of aliphatic hydroxyl groups is 1. The van der Waals surface area contributed by atoms with Crippen LogP contribution in [-0.4, -0.2) is 72.5 Å². The Morgan fingerprint density at radius 3 is 2.50 bits per heavy atom. The zero-order chi connectivity index (χ0) is 23.3. The molecule has 0 radical (unpaired) electrons. The minimum Gasteiger partial charge on any atom is -0.507 e. The molecule has 0 aliphatic carbocycles. The van der Waals surface area contributed by atoms with Gasteiger partial charge in [0.2, 0.25) is 0 Å². The summed E-state index contributed by atoms with van der Waals surface area (Å²) in [5.41, 5.74) is 1.14. The van der Waals surface area contributed by atoms with Crippen LogP contribution in [0.15, 0.2) is 48.3 Å². The van der Waals surface area contributed by atoms with Crippen LogP contribution in [0.2, 0.25) is 0 Å². The van der Waals surface area contributed by atoms with E-state index in [9.17, 15) is 14.7 Å². The summed E-state index contributed by atoms with van der Waals surface area (Å²) in [6, 6.07) is 7.76. The van der Waals surface area contributed by atoms with Crippen LogP contribution in [0.5, 0.6) is 11.5 Å². The molecule has 3 rings (SSSR count). The fraction of sp³-hybridized carbons (Fsp3) is 0.375. The van der Waals surface area contributed by atoms with Gasteiger partial charge in [-0.15, -0.1) is 0 Å². The van der Waals surface area contributed by atoms with Crippen LogP contribution in [0.3, 0.4) is 0 Å². The van der Waals surface area contributed by atoms with Gasteiger partial charge in [0.1, 0.15) is 5.76 Å². The lowest BCUT2D eigenvalue weighted by molar-refractivity contribution is -0.139. The maximum absolute atomic E-state index is 13.0. The number of aliphatic hydroxyl groups excluding tert-OH is 1. The van der Waals surface area contributed by atoms with Gasteiger partial charge in [-0.1, -0.05) is 6.07 Å². The van der Waals surface area contributed by atoms with Gasteiger partial charge in [-0.25, -0.2) is 0 Å². The number of aromatic nitrogens is 1. The Kier molecular flexibility index (Phi) is 7.48. The van der Waals surface area contributed by atoms with Crippen molar-refractivity contribution in [3.63, 3.8) is 0 Å². The number of likely N-dealkylation sites (tertiary alicyclic amines) is 1. The molecule has 8 nitrogen and oxygen atoms in total. The molecule has 1 atom stereocenters. The Bertz CT molecular complexity index is 1000. The number of pyridine rings is 1. The smallest absolute Gasteiger partial charge is 0.295 e. The number of Topliss-reactive ketones (excluding diaryl/α,β-unsaturated/α-hetero) is 1. The highest BCUT2D eigenvalue weighted by molar-refractivity contribution is 6.46. The van der Waals surface area contributed by atoms with Gasteiger partial charge in [0.15, 0.2) is 11.5 Å². The van der Waals surface area contributed by atoms with E-state index in [0.29, 0.717) is 42.2 Å².